The number of esters is 1. The van der Waals surface area contributed by atoms with Crippen LogP contribution in [0.15, 0.2) is 23.5 Å². The molecule has 6 N–H and O–H groups in total. The topological polar surface area (TPSA) is 136 Å². The number of H-pyrrole nitrogens is 1. The summed E-state index contributed by atoms with van der Waals surface area (Å²) in [5, 5.41) is 33.1. The minimum absolute atomic E-state index is 0.0157. The van der Waals surface area contributed by atoms with Crippen LogP contribution < -0.4 is 16.0 Å². The fourth-order valence-corrected chi connectivity index (χ4v) is 9.72. The molecule has 12 atom stereocenters. The molecule has 8 bridgehead atoms. The zero-order valence-corrected chi connectivity index (χ0v) is 26.9. The van der Waals surface area contributed by atoms with E-state index in [9.17, 15) is 19.8 Å². The molecule has 0 radical (unpaired) electrons. The third-order valence-corrected chi connectivity index (χ3v) is 12.2. The number of carbonyl (C=O) groups excluding carboxylic acids is 1. The fraction of sp³-hybridized carbons (Fsp3) is 0.657. The molecule has 9 heteroatoms. The number of hydrogen-bond acceptors (Lipinski definition) is 7. The summed E-state index contributed by atoms with van der Waals surface area (Å²) >= 11 is 0. The van der Waals surface area contributed by atoms with Crippen LogP contribution in [0.3, 0.4) is 0 Å². The lowest BCUT2D eigenvalue weighted by Gasteiger charge is -2.29. The first kappa shape index (κ1) is 31.1. The number of ether oxygens (including phenoxy) is 1. The van der Waals surface area contributed by atoms with Crippen LogP contribution in [0.25, 0.3) is 12.2 Å². The van der Waals surface area contributed by atoms with Gasteiger partial charge >= 0.3 is 11.9 Å². The maximum atomic E-state index is 13.4. The average molecular weight is 607 g/mol. The van der Waals surface area contributed by atoms with Gasteiger partial charge in [-0.2, -0.15) is 0 Å². The number of aromatic nitrogens is 1. The lowest BCUT2D eigenvalue weighted by atomic mass is 9.80. The average Bonchev–Trinajstić information content (AvgIpc) is 3.72. The Morgan fingerprint density at radius 3 is 2.55 bits per heavy atom. The molecule has 1 saturated carbocycles. The molecule has 5 heterocycles. The van der Waals surface area contributed by atoms with Crippen LogP contribution in [0.4, 0.5) is 0 Å². The summed E-state index contributed by atoms with van der Waals surface area (Å²) in [6.07, 6.45) is 6.57. The number of carboxylic acid groups (broad SMARTS) is 1. The van der Waals surface area contributed by atoms with Crippen molar-refractivity contribution in [1.29, 1.82) is 0 Å². The van der Waals surface area contributed by atoms with Crippen molar-refractivity contribution in [3.05, 3.63) is 46.1 Å². The number of aliphatic hydroxyl groups is 1. The number of methoxy groups -OCH3 is 1. The lowest BCUT2D eigenvalue weighted by molar-refractivity contribution is -0.147. The quantitative estimate of drug-likeness (QED) is 0.268. The van der Waals surface area contributed by atoms with Crippen LogP contribution in [0.1, 0.15) is 75.9 Å². The Hall–Kier alpha value is -2.88. The summed E-state index contributed by atoms with van der Waals surface area (Å²) in [7, 11) is 1.37. The first-order valence-electron chi connectivity index (χ1n) is 16.6. The van der Waals surface area contributed by atoms with E-state index in [1.165, 1.54) is 12.8 Å². The predicted molar refractivity (Wildman–Crippen MR) is 170 cm³/mol. The monoisotopic (exact) mass is 606 g/mol. The van der Waals surface area contributed by atoms with Crippen molar-refractivity contribution >= 4 is 24.1 Å². The van der Waals surface area contributed by atoms with Gasteiger partial charge in [0.1, 0.15) is 5.92 Å². The Morgan fingerprint density at radius 1 is 1.14 bits per heavy atom. The molecule has 4 aliphatic heterocycles. The second kappa shape index (κ2) is 11.8. The highest BCUT2D eigenvalue weighted by molar-refractivity contribution is 5.79. The van der Waals surface area contributed by atoms with E-state index in [0.717, 1.165) is 53.1 Å². The van der Waals surface area contributed by atoms with E-state index in [4.69, 9.17) is 4.74 Å². The van der Waals surface area contributed by atoms with Crippen molar-refractivity contribution in [2.45, 2.75) is 97.0 Å². The number of fused-ring (bicyclic) bond motifs is 7. The summed E-state index contributed by atoms with van der Waals surface area (Å²) in [4.78, 5) is 28.9. The van der Waals surface area contributed by atoms with Crippen LogP contribution in [0, 0.1) is 48.3 Å². The van der Waals surface area contributed by atoms with Crippen molar-refractivity contribution in [2.75, 3.05) is 7.11 Å². The second-order valence-electron chi connectivity index (χ2n) is 14.1. The van der Waals surface area contributed by atoms with Gasteiger partial charge in [0.05, 0.1) is 13.2 Å². The summed E-state index contributed by atoms with van der Waals surface area (Å²) < 4.78 is 5.28. The molecule has 9 nitrogen and oxygen atoms in total. The third-order valence-electron chi connectivity index (χ3n) is 12.2. The van der Waals surface area contributed by atoms with Crippen molar-refractivity contribution in [2.24, 2.45) is 41.4 Å². The molecule has 12 unspecified atom stereocenters. The van der Waals surface area contributed by atoms with E-state index >= 15 is 0 Å². The largest absolute Gasteiger partial charge is 0.481 e. The number of nitrogens with one attached hydrogen (secondary N) is 4. The number of allylic oxidation sites excluding steroid dienone is 2. The second-order valence-corrected chi connectivity index (χ2v) is 14.1. The molecule has 3 saturated heterocycles. The van der Waals surface area contributed by atoms with Crippen molar-refractivity contribution in [3.8, 4) is 0 Å². The van der Waals surface area contributed by atoms with Crippen LogP contribution >= 0.6 is 0 Å². The van der Waals surface area contributed by atoms with Gasteiger partial charge in [-0.3, -0.25) is 9.59 Å². The highest BCUT2D eigenvalue weighted by Crippen LogP contribution is 2.52. The summed E-state index contributed by atoms with van der Waals surface area (Å²) in [6.45, 7) is 15.3. The predicted octanol–water partition coefficient (Wildman–Crippen LogP) is 3.99. The molecular formula is C35H50N4O5. The van der Waals surface area contributed by atoms with Gasteiger partial charge in [-0.25, -0.2) is 0 Å². The smallest absolute Gasteiger partial charge is 0.315 e. The highest BCUT2D eigenvalue weighted by atomic mass is 16.5. The molecule has 0 aromatic carbocycles. The molecule has 1 aromatic heterocycles. The molecule has 240 valence electrons. The van der Waals surface area contributed by atoms with E-state index < -0.39 is 24.0 Å². The van der Waals surface area contributed by atoms with Gasteiger partial charge in [-0.15, -0.1) is 0 Å². The molecule has 1 aliphatic carbocycles. The van der Waals surface area contributed by atoms with Crippen molar-refractivity contribution < 1.29 is 24.5 Å². The molecule has 6 rings (SSSR count). The van der Waals surface area contributed by atoms with Gasteiger partial charge in [0.15, 0.2) is 0 Å². The van der Waals surface area contributed by atoms with Crippen molar-refractivity contribution in [3.63, 3.8) is 0 Å². The van der Waals surface area contributed by atoms with Crippen LogP contribution in [0.5, 0.6) is 0 Å². The van der Waals surface area contributed by atoms with Gasteiger partial charge < -0.3 is 35.9 Å². The Morgan fingerprint density at radius 2 is 1.89 bits per heavy atom. The standard InChI is InChI=1S/C35H50N4O5/c1-8-19-15(3)22-12-24-17(5)21(10-11-28(40)41)32(38-24)30-31(35(43)44-7)34(42)29-18(6)25(39-33(29)30)14-27-20(9-2)16(4)23(37-27)13-26(19)36-22/h8,12,16-18,20-21,23,25,27,29,31,33-34,36-39,42H,1,9-11,13-14H2,2-7H3,(H,40,41). The van der Waals surface area contributed by atoms with Crippen LogP contribution in [-0.2, 0) is 20.7 Å². The zero-order valence-electron chi connectivity index (χ0n) is 26.9. The molecule has 0 spiro atoms. The number of aromatic amines is 1. The van der Waals surface area contributed by atoms with Gasteiger partial charge in [-0.1, -0.05) is 46.8 Å². The Labute approximate surface area is 261 Å². The summed E-state index contributed by atoms with van der Waals surface area (Å²) in [5.74, 6) is -1.25. The third kappa shape index (κ3) is 4.86. The summed E-state index contributed by atoms with van der Waals surface area (Å²) in [5.41, 5.74) is 7.15. The van der Waals surface area contributed by atoms with Gasteiger partial charge in [0, 0.05) is 77.5 Å². The number of aliphatic carboxylic acids is 1. The summed E-state index contributed by atoms with van der Waals surface area (Å²) in [6, 6.07) is 0.614. The minimum atomic E-state index is -0.889. The molecule has 5 aliphatic rings. The fourth-order valence-electron chi connectivity index (χ4n) is 9.72. The number of hydrogen-bond donors (Lipinski definition) is 6. The van der Waals surface area contributed by atoms with Crippen molar-refractivity contribution in [1.82, 2.24) is 20.9 Å². The Balaban J connectivity index is 1.54. The van der Waals surface area contributed by atoms with Crippen LogP contribution in [-0.4, -0.2) is 64.5 Å². The number of aliphatic hydroxyl groups excluding tert-OH is 1. The molecule has 4 fully saturated rings. The number of rotatable bonds is 6. The Kier molecular flexibility index (Phi) is 8.35. The lowest BCUT2D eigenvalue weighted by Crippen LogP contribution is -2.42. The van der Waals surface area contributed by atoms with Gasteiger partial charge in [0.2, 0.25) is 0 Å². The maximum absolute atomic E-state index is 13.4. The zero-order chi connectivity index (χ0) is 31.6. The van der Waals surface area contributed by atoms with Gasteiger partial charge in [-0.05, 0) is 60.3 Å². The Bertz CT molecular complexity index is 1400. The first-order chi connectivity index (χ1) is 21.0. The number of carboxylic acids is 1. The van der Waals surface area contributed by atoms with E-state index in [1.54, 1.807) is 0 Å². The first-order valence-corrected chi connectivity index (χ1v) is 16.6. The normalized spacial score (nSPS) is 39.3. The molecule has 1 aromatic rings. The molecule has 0 amide bonds. The van der Waals surface area contributed by atoms with Gasteiger partial charge in [0.25, 0.3) is 0 Å². The van der Waals surface area contributed by atoms with E-state index in [1.807, 2.05) is 6.08 Å². The maximum Gasteiger partial charge on any atom is 0.315 e. The number of carbonyl (C=O) groups is 2. The SMILES string of the molecule is C=Cc1c2[nH]c(c1C)C=C1NC(=C3C4NC(CC5NC(C2)C(C)C5CC)C(C)C4C(O)C3C(=O)OC)C(CCC(=O)O)C1C. The highest BCUT2D eigenvalue weighted by Gasteiger charge is 2.59. The van der Waals surface area contributed by atoms with E-state index in [0.29, 0.717) is 30.3 Å². The van der Waals surface area contributed by atoms with E-state index in [-0.39, 0.29) is 42.2 Å². The van der Waals surface area contributed by atoms with E-state index in [2.05, 4.69) is 68.2 Å². The minimum Gasteiger partial charge on any atom is -0.481 e. The van der Waals surface area contributed by atoms with Crippen LogP contribution in [0.2, 0.25) is 0 Å². The molecule has 44 heavy (non-hydrogen) atoms. The molecular weight excluding hydrogens is 556 g/mol.